The van der Waals surface area contributed by atoms with Crippen molar-refractivity contribution in [2.24, 2.45) is 0 Å². The Bertz CT molecular complexity index is 860. The third-order valence-corrected chi connectivity index (χ3v) is 4.66. The molecule has 0 aliphatic carbocycles. The van der Waals surface area contributed by atoms with E-state index in [0.717, 1.165) is 0 Å². The van der Waals surface area contributed by atoms with Crippen molar-refractivity contribution in [1.82, 2.24) is 19.5 Å². The van der Waals surface area contributed by atoms with Gasteiger partial charge in [0.25, 0.3) is 0 Å². The van der Waals surface area contributed by atoms with Gasteiger partial charge in [0.15, 0.2) is 33.1 Å². The summed E-state index contributed by atoms with van der Waals surface area (Å²) in [4.78, 5) is 35.8. The van der Waals surface area contributed by atoms with E-state index in [1.54, 1.807) is 4.57 Å². The second-order valence-corrected chi connectivity index (χ2v) is 7.05. The topological polar surface area (TPSA) is 105 Å². The van der Waals surface area contributed by atoms with E-state index < -0.39 is 36.5 Å². The smallest absolute Gasteiger partial charge is 0.303 e. The van der Waals surface area contributed by atoms with Gasteiger partial charge in [0, 0.05) is 36.4 Å². The predicted molar refractivity (Wildman–Crippen MR) is 98.4 cm³/mol. The lowest BCUT2D eigenvalue weighted by Crippen LogP contribution is -2.38. The molecular weight excluding hydrogens is 479 g/mol. The highest BCUT2D eigenvalue weighted by Gasteiger charge is 2.49. The fourth-order valence-electron chi connectivity index (χ4n) is 2.96. The third kappa shape index (κ3) is 3.62. The molecule has 1 saturated heterocycles. The lowest BCUT2D eigenvalue weighted by atomic mass is 10.1. The fourth-order valence-corrected chi connectivity index (χ4v) is 3.78. The van der Waals surface area contributed by atoms with Crippen molar-refractivity contribution in [2.45, 2.75) is 51.7 Å². The van der Waals surface area contributed by atoms with Crippen LogP contribution in [0.2, 0.25) is 5.15 Å². The molecule has 9 nitrogen and oxygen atoms in total. The van der Waals surface area contributed by atoms with Crippen LogP contribution in [0.15, 0.2) is 6.33 Å². The predicted octanol–water partition coefficient (Wildman–Crippen LogP) is 2.26. The minimum atomic E-state index is -0.842. The minimum Gasteiger partial charge on any atom is -0.456 e. The molecule has 1 unspecified atom stereocenters. The fraction of sp³-hybridized carbons (Fsp3) is 0.533. The van der Waals surface area contributed by atoms with Gasteiger partial charge in [-0.05, 0) is 6.42 Å². The molecule has 0 amide bonds. The largest absolute Gasteiger partial charge is 0.456 e. The van der Waals surface area contributed by atoms with Crippen LogP contribution in [0.3, 0.4) is 0 Å². The molecule has 2 aromatic rings. The quantitative estimate of drug-likeness (QED) is 0.276. The Balaban J connectivity index is 2.07. The molecule has 140 valence electrons. The number of aromatic nitrogens is 4. The van der Waals surface area contributed by atoms with Crippen molar-refractivity contribution >= 4 is 57.3 Å². The number of fused-ring (bicyclic) bond motifs is 1. The number of esters is 2. The maximum Gasteiger partial charge on any atom is 0.303 e. The molecule has 3 rings (SSSR count). The van der Waals surface area contributed by atoms with Crippen molar-refractivity contribution in [3.63, 3.8) is 0 Å². The van der Waals surface area contributed by atoms with Crippen LogP contribution >= 0.6 is 34.2 Å². The number of hydrogen-bond acceptors (Lipinski definition) is 8. The van der Waals surface area contributed by atoms with Crippen LogP contribution in [0.1, 0.15) is 33.4 Å². The van der Waals surface area contributed by atoms with E-state index in [0.29, 0.717) is 21.4 Å². The van der Waals surface area contributed by atoms with E-state index in [1.165, 1.54) is 20.2 Å². The average Bonchev–Trinajstić information content (AvgIpc) is 3.09. The Hall–Kier alpha value is -1.53. The van der Waals surface area contributed by atoms with Crippen LogP contribution in [0.25, 0.3) is 11.2 Å². The highest BCUT2D eigenvalue weighted by Crippen LogP contribution is 2.37. The zero-order valence-electron chi connectivity index (χ0n) is 14.2. The van der Waals surface area contributed by atoms with Crippen LogP contribution < -0.4 is 0 Å². The van der Waals surface area contributed by atoms with Crippen molar-refractivity contribution < 1.29 is 23.8 Å². The molecule has 2 aromatic heterocycles. The Labute approximate surface area is 167 Å². The molecule has 0 radical (unpaired) electrons. The van der Waals surface area contributed by atoms with E-state index in [4.69, 9.17) is 25.8 Å². The number of nitrogens with zero attached hydrogens (tertiary/aromatic N) is 4. The second kappa shape index (κ2) is 7.61. The molecule has 0 spiro atoms. The second-order valence-electron chi connectivity index (χ2n) is 5.73. The third-order valence-electron chi connectivity index (χ3n) is 3.92. The first-order valence-electron chi connectivity index (χ1n) is 7.87. The summed E-state index contributed by atoms with van der Waals surface area (Å²) in [6.45, 7) is 4.48. The summed E-state index contributed by atoms with van der Waals surface area (Å²) in [6, 6.07) is 0. The molecule has 3 heterocycles. The van der Waals surface area contributed by atoms with Crippen LogP contribution in [0, 0.1) is 3.83 Å². The minimum absolute atomic E-state index is 0.212. The zero-order chi connectivity index (χ0) is 19.0. The number of halogens is 2. The van der Waals surface area contributed by atoms with E-state index in [-0.39, 0.29) is 5.15 Å². The summed E-state index contributed by atoms with van der Waals surface area (Å²) in [7, 11) is 0. The van der Waals surface area contributed by atoms with Gasteiger partial charge in [-0.3, -0.25) is 14.2 Å². The lowest BCUT2D eigenvalue weighted by Gasteiger charge is -2.23. The van der Waals surface area contributed by atoms with E-state index >= 15 is 0 Å². The van der Waals surface area contributed by atoms with Crippen molar-refractivity contribution in [3.05, 3.63) is 15.3 Å². The summed E-state index contributed by atoms with van der Waals surface area (Å²) < 4.78 is 18.9. The maximum absolute atomic E-state index is 11.6. The van der Waals surface area contributed by atoms with E-state index in [1.807, 2.05) is 29.5 Å². The first-order valence-corrected chi connectivity index (χ1v) is 9.33. The molecule has 1 aliphatic heterocycles. The monoisotopic (exact) mass is 494 g/mol. The molecule has 0 aromatic carbocycles. The van der Waals surface area contributed by atoms with Crippen molar-refractivity contribution in [1.29, 1.82) is 0 Å². The summed E-state index contributed by atoms with van der Waals surface area (Å²) in [5.41, 5.74) is 0.844. The maximum atomic E-state index is 11.6. The van der Waals surface area contributed by atoms with Gasteiger partial charge in [-0.25, -0.2) is 15.0 Å². The van der Waals surface area contributed by atoms with E-state index in [2.05, 4.69) is 15.0 Å². The Morgan fingerprint density at radius 2 is 1.92 bits per heavy atom. The highest BCUT2D eigenvalue weighted by atomic mass is 127. The molecule has 0 N–H and O–H groups in total. The van der Waals surface area contributed by atoms with Gasteiger partial charge in [-0.1, -0.05) is 18.5 Å². The first-order chi connectivity index (χ1) is 12.3. The normalized spacial score (nSPS) is 25.4. The molecule has 11 heteroatoms. The summed E-state index contributed by atoms with van der Waals surface area (Å²) in [5, 5.41) is 0.212. The molecule has 4 atom stereocenters. The average molecular weight is 495 g/mol. The lowest BCUT2D eigenvalue weighted by molar-refractivity contribution is -0.165. The molecule has 0 saturated carbocycles. The number of hydrogen-bond donors (Lipinski definition) is 0. The SMILES string of the molecule is CC[C@H]1OC(n2cnc3c(Cl)nc(I)nc32)[C@H](OC(C)=O)[C@@H]1OC(C)=O. The van der Waals surface area contributed by atoms with Crippen LogP contribution in [-0.4, -0.2) is 49.8 Å². The number of rotatable bonds is 4. The van der Waals surface area contributed by atoms with Gasteiger partial charge >= 0.3 is 11.9 Å². The van der Waals surface area contributed by atoms with Crippen LogP contribution in [0.4, 0.5) is 0 Å². The molecule has 1 fully saturated rings. The molecular formula is C15H16ClIN4O5. The van der Waals surface area contributed by atoms with Gasteiger partial charge in [0.05, 0.1) is 6.33 Å². The van der Waals surface area contributed by atoms with Gasteiger partial charge in [0.2, 0.25) is 0 Å². The van der Waals surface area contributed by atoms with E-state index in [9.17, 15) is 9.59 Å². The van der Waals surface area contributed by atoms with Gasteiger partial charge in [-0.15, -0.1) is 0 Å². The Kier molecular flexibility index (Phi) is 5.63. The summed E-state index contributed by atoms with van der Waals surface area (Å²) in [5.74, 6) is -0.991. The van der Waals surface area contributed by atoms with Crippen molar-refractivity contribution in [3.8, 4) is 0 Å². The number of ether oxygens (including phenoxy) is 3. The molecule has 0 bridgehead atoms. The Morgan fingerprint density at radius 1 is 1.27 bits per heavy atom. The molecule has 1 aliphatic rings. The van der Waals surface area contributed by atoms with Crippen LogP contribution in [-0.2, 0) is 23.8 Å². The Morgan fingerprint density at radius 3 is 2.54 bits per heavy atom. The highest BCUT2D eigenvalue weighted by molar-refractivity contribution is 14.1. The number of carbonyl (C=O) groups is 2. The van der Waals surface area contributed by atoms with Crippen LogP contribution in [0.5, 0.6) is 0 Å². The summed E-state index contributed by atoms with van der Waals surface area (Å²) >= 11 is 8.07. The van der Waals surface area contributed by atoms with Gasteiger partial charge in [-0.2, -0.15) is 0 Å². The molecule has 26 heavy (non-hydrogen) atoms. The standard InChI is InChI=1S/C15H16ClIN4O5/c1-4-8-10(24-6(2)22)11(25-7(3)23)14(26-8)21-5-18-9-12(16)19-15(17)20-13(9)21/h5,8,10-11,14H,4H2,1-3H3/t8-,10-,11-,14?/m1/s1. The van der Waals surface area contributed by atoms with Gasteiger partial charge in [0.1, 0.15) is 11.6 Å². The first kappa shape index (κ1) is 19.2. The zero-order valence-corrected chi connectivity index (χ0v) is 17.1. The van der Waals surface area contributed by atoms with Gasteiger partial charge < -0.3 is 14.2 Å². The van der Waals surface area contributed by atoms with Crippen molar-refractivity contribution in [2.75, 3.05) is 0 Å². The number of carbonyl (C=O) groups excluding carboxylic acids is 2. The number of imidazole rings is 1. The summed E-state index contributed by atoms with van der Waals surface area (Å²) in [6.07, 6.45) is -0.732.